The summed E-state index contributed by atoms with van der Waals surface area (Å²) in [6.45, 7) is 11.5. The molecule has 1 N–H and O–H groups in total. The standard InChI is InChI=1S/C29H33N3O/c1-19-17-20(2)22(4)25(21(19)3)18-32-27-14-10-9-13-26(27)31-29(32)23(5)30-28(33)16-15-24-11-7-6-8-12-24/h6-14,17,23H,15-16,18H2,1-5H3,(H,30,33). The number of rotatable bonds is 7. The van der Waals surface area contributed by atoms with Gasteiger partial charge in [-0.1, -0.05) is 48.5 Å². The summed E-state index contributed by atoms with van der Waals surface area (Å²) >= 11 is 0. The number of aryl methyl sites for hydroxylation is 3. The van der Waals surface area contributed by atoms with Crippen LogP contribution in [-0.4, -0.2) is 15.5 Å². The van der Waals surface area contributed by atoms with Crippen molar-refractivity contribution in [3.05, 3.63) is 99.9 Å². The number of imidazole rings is 1. The Morgan fingerprint density at radius 3 is 2.27 bits per heavy atom. The van der Waals surface area contributed by atoms with Crippen molar-refractivity contribution in [2.75, 3.05) is 0 Å². The highest BCUT2D eigenvalue weighted by Gasteiger charge is 2.20. The lowest BCUT2D eigenvalue weighted by Crippen LogP contribution is -2.29. The second-order valence-electron chi connectivity index (χ2n) is 9.06. The van der Waals surface area contributed by atoms with Crippen molar-refractivity contribution in [1.29, 1.82) is 0 Å². The summed E-state index contributed by atoms with van der Waals surface area (Å²) in [6, 6.07) is 20.4. The first-order chi connectivity index (χ1) is 15.8. The van der Waals surface area contributed by atoms with E-state index in [1.807, 2.05) is 37.3 Å². The predicted octanol–water partition coefficient (Wildman–Crippen LogP) is 6.13. The Hall–Kier alpha value is -3.40. The number of hydrogen-bond donors (Lipinski definition) is 1. The second-order valence-corrected chi connectivity index (χ2v) is 9.06. The van der Waals surface area contributed by atoms with Gasteiger partial charge in [-0.15, -0.1) is 0 Å². The fourth-order valence-corrected chi connectivity index (χ4v) is 4.57. The molecule has 0 radical (unpaired) electrons. The molecule has 0 aliphatic heterocycles. The van der Waals surface area contributed by atoms with Crippen LogP contribution in [0.5, 0.6) is 0 Å². The van der Waals surface area contributed by atoms with Crippen LogP contribution in [0.15, 0.2) is 60.7 Å². The van der Waals surface area contributed by atoms with Gasteiger partial charge in [0.25, 0.3) is 0 Å². The third kappa shape index (κ3) is 4.85. The molecule has 1 unspecified atom stereocenters. The molecule has 0 fully saturated rings. The van der Waals surface area contributed by atoms with Crippen molar-refractivity contribution < 1.29 is 4.79 Å². The molecule has 1 amide bonds. The summed E-state index contributed by atoms with van der Waals surface area (Å²) in [5, 5.41) is 3.18. The van der Waals surface area contributed by atoms with E-state index in [9.17, 15) is 4.79 Å². The van der Waals surface area contributed by atoms with E-state index in [1.165, 1.54) is 33.4 Å². The monoisotopic (exact) mass is 439 g/mol. The normalized spacial score (nSPS) is 12.2. The average Bonchev–Trinajstić information content (AvgIpc) is 3.18. The van der Waals surface area contributed by atoms with Crippen LogP contribution >= 0.6 is 0 Å². The molecule has 0 spiro atoms. The number of para-hydroxylation sites is 2. The predicted molar refractivity (Wildman–Crippen MR) is 136 cm³/mol. The van der Waals surface area contributed by atoms with Gasteiger partial charge in [0.1, 0.15) is 5.82 Å². The minimum absolute atomic E-state index is 0.0451. The van der Waals surface area contributed by atoms with Crippen LogP contribution in [-0.2, 0) is 17.8 Å². The van der Waals surface area contributed by atoms with Gasteiger partial charge in [-0.2, -0.15) is 0 Å². The van der Waals surface area contributed by atoms with Crippen molar-refractivity contribution in [3.8, 4) is 0 Å². The van der Waals surface area contributed by atoms with Crippen molar-refractivity contribution in [2.45, 2.75) is 60.0 Å². The van der Waals surface area contributed by atoms with Gasteiger partial charge in [-0.25, -0.2) is 4.98 Å². The molecule has 1 atom stereocenters. The van der Waals surface area contributed by atoms with Crippen molar-refractivity contribution in [3.63, 3.8) is 0 Å². The van der Waals surface area contributed by atoms with E-state index in [-0.39, 0.29) is 11.9 Å². The smallest absolute Gasteiger partial charge is 0.220 e. The topological polar surface area (TPSA) is 46.9 Å². The molecule has 170 valence electrons. The van der Waals surface area contributed by atoms with Crippen LogP contribution < -0.4 is 5.32 Å². The lowest BCUT2D eigenvalue weighted by molar-refractivity contribution is -0.121. The van der Waals surface area contributed by atoms with Crippen LogP contribution in [0.1, 0.15) is 58.6 Å². The molecule has 4 nitrogen and oxygen atoms in total. The molecule has 0 aliphatic carbocycles. The van der Waals surface area contributed by atoms with E-state index >= 15 is 0 Å². The number of nitrogens with one attached hydrogen (secondary N) is 1. The van der Waals surface area contributed by atoms with E-state index in [4.69, 9.17) is 4.98 Å². The lowest BCUT2D eigenvalue weighted by atomic mass is 9.94. The number of carbonyl (C=O) groups is 1. The number of carbonyl (C=O) groups excluding carboxylic acids is 1. The van der Waals surface area contributed by atoms with Crippen molar-refractivity contribution in [2.24, 2.45) is 0 Å². The van der Waals surface area contributed by atoms with Crippen LogP contribution in [0.4, 0.5) is 0 Å². The van der Waals surface area contributed by atoms with Gasteiger partial charge in [0, 0.05) is 13.0 Å². The highest BCUT2D eigenvalue weighted by Crippen LogP contribution is 2.27. The Morgan fingerprint density at radius 1 is 0.939 bits per heavy atom. The summed E-state index contributed by atoms with van der Waals surface area (Å²) in [7, 11) is 0. The fourth-order valence-electron chi connectivity index (χ4n) is 4.57. The first kappa shape index (κ1) is 22.8. The largest absolute Gasteiger partial charge is 0.346 e. The van der Waals surface area contributed by atoms with E-state index in [0.29, 0.717) is 6.42 Å². The molecule has 4 rings (SSSR count). The SMILES string of the molecule is Cc1cc(C)c(C)c(Cn2c(C(C)NC(=O)CCc3ccccc3)nc3ccccc32)c1C. The number of aromatic nitrogens is 2. The van der Waals surface area contributed by atoms with E-state index in [2.05, 4.69) is 67.9 Å². The van der Waals surface area contributed by atoms with E-state index in [1.54, 1.807) is 0 Å². The molecule has 0 aliphatic rings. The van der Waals surface area contributed by atoms with Gasteiger partial charge < -0.3 is 9.88 Å². The molecule has 33 heavy (non-hydrogen) atoms. The van der Waals surface area contributed by atoms with Crippen LogP contribution in [0.25, 0.3) is 11.0 Å². The molecule has 1 heterocycles. The van der Waals surface area contributed by atoms with Crippen molar-refractivity contribution in [1.82, 2.24) is 14.9 Å². The summed E-state index contributed by atoms with van der Waals surface area (Å²) < 4.78 is 2.27. The van der Waals surface area contributed by atoms with E-state index in [0.717, 1.165) is 29.8 Å². The van der Waals surface area contributed by atoms with Gasteiger partial charge in [0.15, 0.2) is 0 Å². The Labute approximate surface area is 196 Å². The molecular weight excluding hydrogens is 406 g/mol. The van der Waals surface area contributed by atoms with Gasteiger partial charge in [0.05, 0.1) is 17.1 Å². The van der Waals surface area contributed by atoms with Gasteiger partial charge >= 0.3 is 0 Å². The Morgan fingerprint density at radius 2 is 1.58 bits per heavy atom. The fraction of sp³-hybridized carbons (Fsp3) is 0.310. The molecule has 0 saturated carbocycles. The quantitative estimate of drug-likeness (QED) is 0.377. The van der Waals surface area contributed by atoms with Gasteiger partial charge in [0.2, 0.25) is 5.91 Å². The van der Waals surface area contributed by atoms with Crippen LogP contribution in [0.2, 0.25) is 0 Å². The number of amides is 1. The van der Waals surface area contributed by atoms with Crippen LogP contribution in [0, 0.1) is 27.7 Å². The third-order valence-corrected chi connectivity index (χ3v) is 6.77. The van der Waals surface area contributed by atoms with Crippen molar-refractivity contribution >= 4 is 16.9 Å². The highest BCUT2D eigenvalue weighted by molar-refractivity contribution is 5.78. The summed E-state index contributed by atoms with van der Waals surface area (Å²) in [5.74, 6) is 0.936. The van der Waals surface area contributed by atoms with Gasteiger partial charge in [-0.3, -0.25) is 4.79 Å². The number of benzene rings is 3. The Balaban J connectivity index is 1.62. The lowest BCUT2D eigenvalue weighted by Gasteiger charge is -2.20. The minimum atomic E-state index is -0.188. The molecule has 4 aromatic rings. The first-order valence-electron chi connectivity index (χ1n) is 11.7. The number of fused-ring (bicyclic) bond motifs is 1. The maximum Gasteiger partial charge on any atom is 0.220 e. The molecule has 0 saturated heterocycles. The van der Waals surface area contributed by atoms with E-state index < -0.39 is 0 Å². The summed E-state index contributed by atoms with van der Waals surface area (Å²) in [6.07, 6.45) is 1.20. The zero-order chi connectivity index (χ0) is 23.5. The molecule has 3 aromatic carbocycles. The Kier molecular flexibility index (Phi) is 6.64. The summed E-state index contributed by atoms with van der Waals surface area (Å²) in [5.41, 5.74) is 9.81. The first-order valence-corrected chi connectivity index (χ1v) is 11.7. The minimum Gasteiger partial charge on any atom is -0.346 e. The zero-order valence-corrected chi connectivity index (χ0v) is 20.3. The average molecular weight is 440 g/mol. The number of hydrogen-bond acceptors (Lipinski definition) is 2. The zero-order valence-electron chi connectivity index (χ0n) is 20.3. The molecule has 4 heteroatoms. The summed E-state index contributed by atoms with van der Waals surface area (Å²) in [4.78, 5) is 17.7. The number of nitrogens with zero attached hydrogens (tertiary/aromatic N) is 2. The molecule has 0 bridgehead atoms. The maximum absolute atomic E-state index is 12.7. The highest BCUT2D eigenvalue weighted by atomic mass is 16.1. The van der Waals surface area contributed by atoms with Crippen LogP contribution in [0.3, 0.4) is 0 Å². The Bertz CT molecular complexity index is 1260. The second kappa shape index (κ2) is 9.62. The maximum atomic E-state index is 12.7. The van der Waals surface area contributed by atoms with Gasteiger partial charge in [-0.05, 0) is 86.6 Å². The molecule has 1 aromatic heterocycles. The third-order valence-electron chi connectivity index (χ3n) is 6.77. The molecular formula is C29H33N3O.